The maximum absolute atomic E-state index is 14.0. The molecule has 5 rings (SSSR count). The molecule has 38 heavy (non-hydrogen) atoms. The van der Waals surface area contributed by atoms with Gasteiger partial charge in [0.1, 0.15) is 4.53 Å². The zero-order valence-electron chi connectivity index (χ0n) is 20.5. The maximum Gasteiger partial charge on any atom is 0.338 e. The van der Waals surface area contributed by atoms with E-state index in [0.717, 1.165) is 16.2 Å². The molecule has 0 spiro atoms. The Kier molecular flexibility index (Phi) is 6.11. The molecule has 0 saturated carbocycles. The number of carbonyl (C=O) groups excluding carboxylic acids is 3. The molecule has 2 aromatic carbocycles. The highest BCUT2D eigenvalue weighted by molar-refractivity contribution is 7.07. The summed E-state index contributed by atoms with van der Waals surface area (Å²) in [6, 6.07) is 11.2. The van der Waals surface area contributed by atoms with Crippen LogP contribution in [0.15, 0.2) is 69.6 Å². The fourth-order valence-electron chi connectivity index (χ4n) is 4.71. The lowest BCUT2D eigenvalue weighted by molar-refractivity contribution is -0.384. The summed E-state index contributed by atoms with van der Waals surface area (Å²) in [5.41, 5.74) is 0.635. The maximum atomic E-state index is 14.0. The third-order valence-electron chi connectivity index (χ3n) is 6.26. The van der Waals surface area contributed by atoms with Crippen LogP contribution in [0.5, 0.6) is 0 Å². The van der Waals surface area contributed by atoms with E-state index < -0.39 is 34.3 Å². The van der Waals surface area contributed by atoms with Crippen LogP contribution in [0.3, 0.4) is 0 Å². The number of anilines is 1. The highest BCUT2D eigenvalue weighted by Crippen LogP contribution is 2.36. The zero-order valence-corrected chi connectivity index (χ0v) is 21.3. The number of non-ortho nitro benzene ring substituents is 1. The van der Waals surface area contributed by atoms with Gasteiger partial charge in [0.2, 0.25) is 5.91 Å². The van der Waals surface area contributed by atoms with Crippen molar-refractivity contribution in [1.82, 2.24) is 4.57 Å². The van der Waals surface area contributed by atoms with E-state index in [1.165, 1.54) is 29.7 Å². The van der Waals surface area contributed by atoms with Gasteiger partial charge in [-0.25, -0.2) is 14.7 Å². The number of imide groups is 1. The second-order valence-electron chi connectivity index (χ2n) is 8.53. The standard InChI is InChI=1S/C26H20N4O7S/c1-4-37-25(34)19-13(2)27-26-29(21(19)15-8-7-9-16(12-15)30(35)36)24(33)22(38-26)20-17-10-5-6-11-18(17)28(14(3)31)23(20)32/h5-12,21H,4H2,1-3H3/b22-20-/t21-/m0/s1. The average molecular weight is 533 g/mol. The number of carbonyl (C=O) groups is 3. The number of benzene rings is 2. The number of rotatable bonds is 4. The molecule has 1 atom stereocenters. The van der Waals surface area contributed by atoms with Gasteiger partial charge in [0, 0.05) is 24.6 Å². The summed E-state index contributed by atoms with van der Waals surface area (Å²) >= 11 is 0.948. The lowest BCUT2D eigenvalue weighted by atomic mass is 9.95. The highest BCUT2D eigenvalue weighted by Gasteiger charge is 2.38. The number of fused-ring (bicyclic) bond motifs is 2. The Morgan fingerprint density at radius 1 is 1.16 bits per heavy atom. The van der Waals surface area contributed by atoms with E-state index in [0.29, 0.717) is 16.8 Å². The number of nitrogens with zero attached hydrogens (tertiary/aromatic N) is 4. The van der Waals surface area contributed by atoms with Crippen LogP contribution in [-0.2, 0) is 19.1 Å². The summed E-state index contributed by atoms with van der Waals surface area (Å²) in [4.78, 5) is 69.3. The second-order valence-corrected chi connectivity index (χ2v) is 9.50. The van der Waals surface area contributed by atoms with Crippen LogP contribution >= 0.6 is 11.3 Å². The molecule has 2 amide bonds. The quantitative estimate of drug-likeness (QED) is 0.284. The molecule has 0 radical (unpaired) electrons. The average Bonchev–Trinajstić information content (AvgIpc) is 3.35. The molecular formula is C26H20N4O7S. The van der Waals surface area contributed by atoms with Crippen LogP contribution in [0.25, 0.3) is 5.57 Å². The van der Waals surface area contributed by atoms with Gasteiger partial charge < -0.3 is 4.74 Å². The largest absolute Gasteiger partial charge is 0.463 e. The molecule has 11 nitrogen and oxygen atoms in total. The fourth-order valence-corrected chi connectivity index (χ4v) is 5.85. The number of thiazole rings is 1. The molecule has 192 valence electrons. The number of esters is 1. The number of nitro benzene ring substituents is 1. The number of ether oxygens (including phenoxy) is 1. The van der Waals surface area contributed by atoms with Crippen LogP contribution in [0.1, 0.15) is 37.9 Å². The molecule has 2 aliphatic heterocycles. The predicted molar refractivity (Wildman–Crippen MR) is 137 cm³/mol. The molecule has 0 bridgehead atoms. The zero-order chi connectivity index (χ0) is 27.3. The summed E-state index contributed by atoms with van der Waals surface area (Å²) in [7, 11) is 0. The summed E-state index contributed by atoms with van der Waals surface area (Å²) in [6.07, 6.45) is 0. The van der Waals surface area contributed by atoms with Crippen molar-refractivity contribution in [3.8, 4) is 0 Å². The highest BCUT2D eigenvalue weighted by atomic mass is 32.1. The first-order valence-corrected chi connectivity index (χ1v) is 12.4. The molecule has 0 unspecified atom stereocenters. The summed E-state index contributed by atoms with van der Waals surface area (Å²) < 4.78 is 6.53. The molecule has 0 aliphatic carbocycles. The Balaban J connectivity index is 1.84. The van der Waals surface area contributed by atoms with Gasteiger partial charge in [-0.2, -0.15) is 0 Å². The van der Waals surface area contributed by atoms with Crippen molar-refractivity contribution in [3.63, 3.8) is 0 Å². The van der Waals surface area contributed by atoms with E-state index in [2.05, 4.69) is 4.99 Å². The van der Waals surface area contributed by atoms with Gasteiger partial charge in [-0.1, -0.05) is 41.7 Å². The number of hydrogen-bond acceptors (Lipinski definition) is 9. The number of para-hydroxylation sites is 1. The number of aromatic nitrogens is 1. The van der Waals surface area contributed by atoms with Gasteiger partial charge in [-0.05, 0) is 25.5 Å². The van der Waals surface area contributed by atoms with E-state index in [4.69, 9.17) is 4.74 Å². The van der Waals surface area contributed by atoms with Crippen LogP contribution in [0, 0.1) is 10.1 Å². The van der Waals surface area contributed by atoms with E-state index in [1.807, 2.05) is 0 Å². The number of hydrogen-bond donors (Lipinski definition) is 0. The molecule has 0 saturated heterocycles. The first-order valence-electron chi connectivity index (χ1n) is 11.6. The molecule has 0 N–H and O–H groups in total. The Hall–Kier alpha value is -4.71. The van der Waals surface area contributed by atoms with Crippen molar-refractivity contribution in [2.45, 2.75) is 26.8 Å². The lowest BCUT2D eigenvalue weighted by Gasteiger charge is -2.24. The molecule has 12 heteroatoms. The minimum Gasteiger partial charge on any atom is -0.463 e. The number of allylic oxidation sites excluding steroid dienone is 1. The summed E-state index contributed by atoms with van der Waals surface area (Å²) in [5, 5.41) is 11.5. The molecule has 3 heterocycles. The fraction of sp³-hybridized carbons (Fsp3) is 0.192. The van der Waals surface area contributed by atoms with E-state index in [9.17, 15) is 29.3 Å². The van der Waals surface area contributed by atoms with Crippen LogP contribution < -0.4 is 19.8 Å². The molecule has 1 aromatic heterocycles. The van der Waals surface area contributed by atoms with Gasteiger partial charge in [0.05, 0.1) is 40.1 Å². The van der Waals surface area contributed by atoms with Crippen molar-refractivity contribution in [2.75, 3.05) is 11.5 Å². The molecule has 3 aromatic rings. The first kappa shape index (κ1) is 25.0. The minimum atomic E-state index is -1.09. The molecular weight excluding hydrogens is 512 g/mol. The summed E-state index contributed by atoms with van der Waals surface area (Å²) in [5.74, 6) is -1.86. The minimum absolute atomic E-state index is 0.0401. The normalized spacial score (nSPS) is 17.6. The Morgan fingerprint density at radius 3 is 2.58 bits per heavy atom. The van der Waals surface area contributed by atoms with Gasteiger partial charge in [0.15, 0.2) is 4.80 Å². The van der Waals surface area contributed by atoms with Gasteiger partial charge in [0.25, 0.3) is 17.2 Å². The topological polar surface area (TPSA) is 141 Å². The van der Waals surface area contributed by atoms with E-state index >= 15 is 0 Å². The van der Waals surface area contributed by atoms with Crippen LogP contribution in [-0.4, -0.2) is 33.9 Å². The van der Waals surface area contributed by atoms with Crippen LogP contribution in [0.4, 0.5) is 11.4 Å². The Morgan fingerprint density at radius 2 is 1.89 bits per heavy atom. The van der Waals surface area contributed by atoms with Gasteiger partial charge in [-0.15, -0.1) is 0 Å². The first-order chi connectivity index (χ1) is 18.1. The molecule has 2 aliphatic rings. The van der Waals surface area contributed by atoms with E-state index in [1.54, 1.807) is 44.2 Å². The van der Waals surface area contributed by atoms with Crippen molar-refractivity contribution in [3.05, 3.63) is 101 Å². The second kappa shape index (κ2) is 9.30. The predicted octanol–water partition coefficient (Wildman–Crippen LogP) is 1.97. The van der Waals surface area contributed by atoms with Crippen molar-refractivity contribution in [2.24, 2.45) is 4.99 Å². The van der Waals surface area contributed by atoms with Crippen molar-refractivity contribution in [1.29, 1.82) is 0 Å². The third-order valence-corrected chi connectivity index (χ3v) is 7.32. The molecule has 0 fully saturated rings. The van der Waals surface area contributed by atoms with Gasteiger partial charge in [-0.3, -0.25) is 29.1 Å². The Bertz CT molecular complexity index is 1780. The van der Waals surface area contributed by atoms with Crippen molar-refractivity contribution >= 4 is 46.1 Å². The SMILES string of the molecule is CCOC(=O)C1=C(C)N=c2s/c(=C3\C(=O)N(C(C)=O)c4ccccc43)c(=O)n2[C@H]1c1cccc([N+](=O)[O-])c1. The summed E-state index contributed by atoms with van der Waals surface area (Å²) in [6.45, 7) is 4.55. The van der Waals surface area contributed by atoms with Crippen LogP contribution in [0.2, 0.25) is 0 Å². The third kappa shape index (κ3) is 3.77. The number of amides is 2. The van der Waals surface area contributed by atoms with E-state index in [-0.39, 0.29) is 38.5 Å². The van der Waals surface area contributed by atoms with Crippen molar-refractivity contribution < 1.29 is 24.0 Å². The number of nitro groups is 1. The van der Waals surface area contributed by atoms with Gasteiger partial charge >= 0.3 is 5.97 Å². The lowest BCUT2D eigenvalue weighted by Crippen LogP contribution is -2.41. The smallest absolute Gasteiger partial charge is 0.338 e. The Labute approximate surface area is 218 Å². The monoisotopic (exact) mass is 532 g/mol.